The summed E-state index contributed by atoms with van der Waals surface area (Å²) < 4.78 is 29.9. The zero-order valence-electron chi connectivity index (χ0n) is 13.4. The highest BCUT2D eigenvalue weighted by molar-refractivity contribution is 7.92. The van der Waals surface area contributed by atoms with E-state index >= 15 is 0 Å². The summed E-state index contributed by atoms with van der Waals surface area (Å²) in [4.78, 5) is 23.5. The summed E-state index contributed by atoms with van der Waals surface area (Å²) in [6, 6.07) is 4.41. The number of methoxy groups -OCH3 is 1. The Morgan fingerprint density at radius 2 is 2.04 bits per heavy atom. The summed E-state index contributed by atoms with van der Waals surface area (Å²) in [6.45, 7) is -0.0677. The van der Waals surface area contributed by atoms with Crippen LogP contribution in [0.3, 0.4) is 0 Å². The van der Waals surface area contributed by atoms with Crippen LogP contribution in [0.4, 0.5) is 5.69 Å². The number of carbonyl (C=O) groups excluding carboxylic acids is 2. The van der Waals surface area contributed by atoms with Gasteiger partial charge in [-0.05, 0) is 31.0 Å². The van der Waals surface area contributed by atoms with E-state index in [0.29, 0.717) is 0 Å². The van der Waals surface area contributed by atoms with Crippen LogP contribution in [0.5, 0.6) is 0 Å². The number of halogens is 1. The van der Waals surface area contributed by atoms with E-state index in [9.17, 15) is 18.0 Å². The van der Waals surface area contributed by atoms with E-state index in [1.54, 1.807) is 0 Å². The minimum Gasteiger partial charge on any atom is -0.465 e. The highest BCUT2D eigenvalue weighted by Gasteiger charge is 2.26. The van der Waals surface area contributed by atoms with Crippen molar-refractivity contribution >= 4 is 39.2 Å². The molecule has 0 unspecified atom stereocenters. The number of amides is 1. The van der Waals surface area contributed by atoms with E-state index in [1.165, 1.54) is 25.3 Å². The highest BCUT2D eigenvalue weighted by Crippen LogP contribution is 2.29. The van der Waals surface area contributed by atoms with Gasteiger partial charge in [0.15, 0.2) is 0 Å². The molecule has 0 saturated heterocycles. The number of nitrogens with one attached hydrogen (secondary N) is 1. The number of sulfonamides is 1. The molecule has 24 heavy (non-hydrogen) atoms. The molecule has 0 heterocycles. The predicted octanol–water partition coefficient (Wildman–Crippen LogP) is 1.56. The first-order valence-corrected chi connectivity index (χ1v) is 9.60. The minimum absolute atomic E-state index is 0.00233. The lowest BCUT2D eigenvalue weighted by Gasteiger charge is -2.23. The van der Waals surface area contributed by atoms with Crippen LogP contribution in [0.1, 0.15) is 29.6 Å². The van der Waals surface area contributed by atoms with Crippen molar-refractivity contribution in [2.75, 3.05) is 24.2 Å². The van der Waals surface area contributed by atoms with E-state index < -0.39 is 16.0 Å². The fourth-order valence-electron chi connectivity index (χ4n) is 2.14. The smallest absolute Gasteiger partial charge is 0.337 e. The van der Waals surface area contributed by atoms with Gasteiger partial charge in [-0.2, -0.15) is 0 Å². The SMILES string of the molecule is COC(=O)c1ccc(Cl)c(N(CCC(=O)NC2CC2)S(C)(=O)=O)c1. The van der Waals surface area contributed by atoms with Crippen molar-refractivity contribution in [3.8, 4) is 0 Å². The Kier molecular flexibility index (Phi) is 5.71. The molecule has 1 aromatic carbocycles. The maximum absolute atomic E-state index is 12.1. The van der Waals surface area contributed by atoms with Crippen LogP contribution in [0.15, 0.2) is 18.2 Å². The molecule has 1 fully saturated rings. The number of carbonyl (C=O) groups is 2. The third-order valence-electron chi connectivity index (χ3n) is 3.52. The third kappa shape index (κ3) is 4.85. The molecule has 1 N–H and O–H groups in total. The van der Waals surface area contributed by atoms with E-state index in [0.717, 1.165) is 23.4 Å². The summed E-state index contributed by atoms with van der Waals surface area (Å²) in [5.41, 5.74) is 0.314. The summed E-state index contributed by atoms with van der Waals surface area (Å²) in [5.74, 6) is -0.820. The molecule has 0 spiro atoms. The van der Waals surface area contributed by atoms with Crippen molar-refractivity contribution in [3.05, 3.63) is 28.8 Å². The topological polar surface area (TPSA) is 92.8 Å². The monoisotopic (exact) mass is 374 g/mol. The van der Waals surface area contributed by atoms with Crippen molar-refractivity contribution in [2.24, 2.45) is 0 Å². The van der Waals surface area contributed by atoms with Crippen molar-refractivity contribution in [2.45, 2.75) is 25.3 Å². The fourth-order valence-corrected chi connectivity index (χ4v) is 3.35. The molecule has 1 amide bonds. The largest absolute Gasteiger partial charge is 0.465 e. The van der Waals surface area contributed by atoms with Crippen LogP contribution in [0.25, 0.3) is 0 Å². The molecule has 0 aromatic heterocycles. The Morgan fingerprint density at radius 1 is 1.38 bits per heavy atom. The Balaban J connectivity index is 2.23. The lowest BCUT2D eigenvalue weighted by Crippen LogP contribution is -2.35. The van der Waals surface area contributed by atoms with E-state index in [1.807, 2.05) is 0 Å². The van der Waals surface area contributed by atoms with Gasteiger partial charge in [0.25, 0.3) is 0 Å². The minimum atomic E-state index is -3.68. The first-order valence-electron chi connectivity index (χ1n) is 7.37. The second kappa shape index (κ2) is 7.40. The quantitative estimate of drug-likeness (QED) is 0.731. The normalized spacial score (nSPS) is 14.1. The number of hydrogen-bond donors (Lipinski definition) is 1. The lowest BCUT2D eigenvalue weighted by molar-refractivity contribution is -0.121. The fraction of sp³-hybridized carbons (Fsp3) is 0.467. The Hall–Kier alpha value is -1.80. The molecule has 7 nitrogen and oxygen atoms in total. The second-order valence-electron chi connectivity index (χ2n) is 5.58. The molecular weight excluding hydrogens is 356 g/mol. The van der Waals surface area contributed by atoms with Gasteiger partial charge in [-0.3, -0.25) is 9.10 Å². The summed E-state index contributed by atoms with van der Waals surface area (Å²) in [6.07, 6.45) is 2.93. The van der Waals surface area contributed by atoms with Crippen molar-refractivity contribution in [1.82, 2.24) is 5.32 Å². The molecule has 1 saturated carbocycles. The van der Waals surface area contributed by atoms with Gasteiger partial charge in [-0.15, -0.1) is 0 Å². The Labute approximate surface area is 146 Å². The van der Waals surface area contributed by atoms with Gasteiger partial charge in [-0.25, -0.2) is 13.2 Å². The number of hydrogen-bond acceptors (Lipinski definition) is 5. The maximum Gasteiger partial charge on any atom is 0.337 e. The molecule has 1 aromatic rings. The van der Waals surface area contributed by atoms with Crippen molar-refractivity contribution in [3.63, 3.8) is 0 Å². The average Bonchev–Trinajstić information content (AvgIpc) is 3.30. The first kappa shape index (κ1) is 18.5. The molecule has 0 aliphatic heterocycles. The maximum atomic E-state index is 12.1. The number of rotatable bonds is 7. The van der Waals surface area contributed by atoms with Gasteiger partial charge in [0.05, 0.1) is 29.6 Å². The molecule has 0 atom stereocenters. The second-order valence-corrected chi connectivity index (χ2v) is 7.90. The zero-order valence-corrected chi connectivity index (χ0v) is 15.0. The van der Waals surface area contributed by atoms with E-state index in [4.69, 9.17) is 11.6 Å². The molecule has 132 valence electrons. The predicted molar refractivity (Wildman–Crippen MR) is 90.8 cm³/mol. The van der Waals surface area contributed by atoms with Crippen LogP contribution in [0.2, 0.25) is 5.02 Å². The van der Waals surface area contributed by atoms with Gasteiger partial charge < -0.3 is 10.1 Å². The molecule has 0 bridgehead atoms. The molecule has 1 aliphatic rings. The lowest BCUT2D eigenvalue weighted by atomic mass is 10.2. The van der Waals surface area contributed by atoms with Crippen LogP contribution < -0.4 is 9.62 Å². The number of esters is 1. The van der Waals surface area contributed by atoms with E-state index in [-0.39, 0.29) is 41.2 Å². The third-order valence-corrected chi connectivity index (χ3v) is 5.02. The van der Waals surface area contributed by atoms with Crippen LogP contribution >= 0.6 is 11.6 Å². The highest BCUT2D eigenvalue weighted by atomic mass is 35.5. The molecule has 2 rings (SSSR count). The molecule has 1 aliphatic carbocycles. The van der Waals surface area contributed by atoms with Crippen molar-refractivity contribution < 1.29 is 22.7 Å². The molecule has 0 radical (unpaired) electrons. The van der Waals surface area contributed by atoms with Gasteiger partial charge in [0.2, 0.25) is 15.9 Å². The average molecular weight is 375 g/mol. The van der Waals surface area contributed by atoms with Crippen molar-refractivity contribution in [1.29, 1.82) is 0 Å². The first-order chi connectivity index (χ1) is 11.2. The summed E-state index contributed by atoms with van der Waals surface area (Å²) in [7, 11) is -2.45. The Morgan fingerprint density at radius 3 is 2.58 bits per heavy atom. The summed E-state index contributed by atoms with van der Waals surface area (Å²) in [5, 5.41) is 2.96. The van der Waals surface area contributed by atoms with Crippen LogP contribution in [-0.4, -0.2) is 46.2 Å². The van der Waals surface area contributed by atoms with Crippen LogP contribution in [0, 0.1) is 0 Å². The zero-order chi connectivity index (χ0) is 17.9. The molecular formula is C15H19ClN2O5S. The Bertz CT molecular complexity index is 746. The number of nitrogens with zero attached hydrogens (tertiary/aromatic N) is 1. The number of benzene rings is 1. The van der Waals surface area contributed by atoms with Gasteiger partial charge >= 0.3 is 5.97 Å². The molecule has 9 heteroatoms. The van der Waals surface area contributed by atoms with Gasteiger partial charge in [0.1, 0.15) is 0 Å². The van der Waals surface area contributed by atoms with Gasteiger partial charge in [-0.1, -0.05) is 11.6 Å². The number of ether oxygens (including phenoxy) is 1. The number of anilines is 1. The standard InChI is InChI=1S/C15H19ClN2O5S/c1-23-15(20)10-3-6-12(16)13(9-10)18(24(2,21)22)8-7-14(19)17-11-4-5-11/h3,6,9,11H,4-5,7-8H2,1-2H3,(H,17,19). The van der Waals surface area contributed by atoms with Crippen LogP contribution in [-0.2, 0) is 19.6 Å². The van der Waals surface area contributed by atoms with Gasteiger partial charge in [0, 0.05) is 19.0 Å². The van der Waals surface area contributed by atoms with E-state index in [2.05, 4.69) is 10.1 Å². The summed E-state index contributed by atoms with van der Waals surface area (Å²) >= 11 is 6.10.